The van der Waals surface area contributed by atoms with Gasteiger partial charge < -0.3 is 4.90 Å². The summed E-state index contributed by atoms with van der Waals surface area (Å²) in [5.41, 5.74) is 2.56. The van der Waals surface area contributed by atoms with Crippen LogP contribution in [-0.2, 0) is 10.0 Å². The van der Waals surface area contributed by atoms with Gasteiger partial charge in [-0.15, -0.1) is 0 Å². The molecule has 4 rings (SSSR count). The third-order valence-electron chi connectivity index (χ3n) is 6.60. The minimum atomic E-state index is -3.36. The first-order valence-corrected chi connectivity index (χ1v) is 11.9. The van der Waals surface area contributed by atoms with E-state index in [0.29, 0.717) is 29.9 Å². The molecule has 0 bridgehead atoms. The largest absolute Gasteiger partial charge is 0.330 e. The van der Waals surface area contributed by atoms with Gasteiger partial charge in [0.25, 0.3) is 0 Å². The molecule has 2 aromatic carbocycles. The molecular formula is C23H31N2O2S+. The second kappa shape index (κ2) is 8.36. The molecule has 0 unspecified atom stereocenters. The van der Waals surface area contributed by atoms with Crippen LogP contribution in [0.15, 0.2) is 59.5 Å². The average Bonchev–Trinajstić information content (AvgIpc) is 2.75. The molecule has 1 aliphatic carbocycles. The van der Waals surface area contributed by atoms with Crippen molar-refractivity contribution in [2.45, 2.75) is 49.5 Å². The zero-order chi connectivity index (χ0) is 19.6. The van der Waals surface area contributed by atoms with Crippen molar-refractivity contribution in [2.75, 3.05) is 26.2 Å². The molecule has 1 heterocycles. The van der Waals surface area contributed by atoms with Crippen LogP contribution in [-0.4, -0.2) is 44.9 Å². The van der Waals surface area contributed by atoms with Gasteiger partial charge in [-0.2, -0.15) is 4.31 Å². The Morgan fingerprint density at radius 1 is 0.857 bits per heavy atom. The van der Waals surface area contributed by atoms with E-state index in [1.807, 2.05) is 19.1 Å². The van der Waals surface area contributed by atoms with E-state index in [1.54, 1.807) is 21.3 Å². The molecule has 150 valence electrons. The maximum atomic E-state index is 12.9. The minimum absolute atomic E-state index is 0.421. The summed E-state index contributed by atoms with van der Waals surface area (Å²) in [6.45, 7) is 5.08. The van der Waals surface area contributed by atoms with Crippen molar-refractivity contribution in [1.82, 2.24) is 4.31 Å². The first-order chi connectivity index (χ1) is 13.5. The molecule has 0 atom stereocenters. The lowest BCUT2D eigenvalue weighted by atomic mass is 9.81. The first-order valence-electron chi connectivity index (χ1n) is 10.5. The summed E-state index contributed by atoms with van der Waals surface area (Å²) in [6, 6.07) is 18.8. The number of sulfonamides is 1. The van der Waals surface area contributed by atoms with Crippen molar-refractivity contribution in [3.63, 3.8) is 0 Å². The minimum Gasteiger partial charge on any atom is -0.330 e. The third kappa shape index (κ3) is 4.17. The Hall–Kier alpha value is -1.69. The molecule has 0 spiro atoms. The Balaban J connectivity index is 1.32. The van der Waals surface area contributed by atoms with Gasteiger partial charge in [0.2, 0.25) is 10.0 Å². The van der Waals surface area contributed by atoms with E-state index >= 15 is 0 Å². The lowest BCUT2D eigenvalue weighted by Crippen LogP contribution is -3.18. The summed E-state index contributed by atoms with van der Waals surface area (Å²) in [4.78, 5) is 2.02. The van der Waals surface area contributed by atoms with Gasteiger partial charge in [0.15, 0.2) is 0 Å². The van der Waals surface area contributed by atoms with Gasteiger partial charge >= 0.3 is 0 Å². The molecule has 0 radical (unpaired) electrons. The van der Waals surface area contributed by atoms with Crippen LogP contribution in [0.4, 0.5) is 0 Å². The van der Waals surface area contributed by atoms with Gasteiger partial charge in [0.05, 0.1) is 37.1 Å². The smallest absolute Gasteiger partial charge is 0.243 e. The summed E-state index contributed by atoms with van der Waals surface area (Å²) >= 11 is 0. The molecule has 0 amide bonds. The van der Waals surface area contributed by atoms with Crippen molar-refractivity contribution in [2.24, 2.45) is 0 Å². The number of benzene rings is 2. The maximum absolute atomic E-state index is 12.9. The molecule has 0 aromatic heterocycles. The highest BCUT2D eigenvalue weighted by Gasteiger charge is 2.35. The van der Waals surface area contributed by atoms with Crippen LogP contribution < -0.4 is 4.90 Å². The summed E-state index contributed by atoms with van der Waals surface area (Å²) in [5, 5.41) is 0. The third-order valence-corrected chi connectivity index (χ3v) is 8.51. The molecule has 1 saturated heterocycles. The van der Waals surface area contributed by atoms with Crippen LogP contribution in [0, 0.1) is 6.92 Å². The van der Waals surface area contributed by atoms with Crippen LogP contribution in [0.5, 0.6) is 0 Å². The molecule has 1 saturated carbocycles. The second-order valence-corrected chi connectivity index (χ2v) is 10.3. The van der Waals surface area contributed by atoms with Crippen LogP contribution in [0.2, 0.25) is 0 Å². The van der Waals surface area contributed by atoms with Crippen LogP contribution in [0.3, 0.4) is 0 Å². The van der Waals surface area contributed by atoms with E-state index in [4.69, 9.17) is 0 Å². The lowest BCUT2D eigenvalue weighted by Gasteiger charge is -2.39. The normalized spacial score (nSPS) is 24.9. The Labute approximate surface area is 169 Å². The zero-order valence-electron chi connectivity index (χ0n) is 16.7. The summed E-state index contributed by atoms with van der Waals surface area (Å²) in [5.74, 6) is 0.694. The van der Waals surface area contributed by atoms with Gasteiger partial charge in [-0.3, -0.25) is 0 Å². The van der Waals surface area contributed by atoms with Crippen molar-refractivity contribution in [1.29, 1.82) is 0 Å². The fourth-order valence-corrected chi connectivity index (χ4v) is 6.28. The molecule has 1 aliphatic heterocycles. The van der Waals surface area contributed by atoms with Crippen molar-refractivity contribution in [3.05, 3.63) is 65.7 Å². The highest BCUT2D eigenvalue weighted by molar-refractivity contribution is 7.89. The fourth-order valence-electron chi connectivity index (χ4n) is 4.84. The van der Waals surface area contributed by atoms with E-state index in [-0.39, 0.29) is 0 Å². The first kappa shape index (κ1) is 19.6. The van der Waals surface area contributed by atoms with Crippen molar-refractivity contribution < 1.29 is 13.3 Å². The summed E-state index contributed by atoms with van der Waals surface area (Å²) in [6.07, 6.45) is 5.01. The van der Waals surface area contributed by atoms with Gasteiger partial charge in [0.1, 0.15) is 0 Å². The van der Waals surface area contributed by atoms with Gasteiger partial charge in [-0.25, -0.2) is 8.42 Å². The molecule has 1 N–H and O–H groups in total. The Bertz CT molecular complexity index is 865. The quantitative estimate of drug-likeness (QED) is 0.859. The summed E-state index contributed by atoms with van der Waals surface area (Å²) < 4.78 is 27.5. The van der Waals surface area contributed by atoms with Gasteiger partial charge in [-0.1, -0.05) is 48.0 Å². The van der Waals surface area contributed by atoms with E-state index in [2.05, 4.69) is 30.3 Å². The number of hydrogen-bond acceptors (Lipinski definition) is 2. The van der Waals surface area contributed by atoms with E-state index in [0.717, 1.165) is 18.7 Å². The average molecular weight is 400 g/mol. The maximum Gasteiger partial charge on any atom is 0.243 e. The monoisotopic (exact) mass is 399 g/mol. The topological polar surface area (TPSA) is 41.8 Å². The number of hydrogen-bond donors (Lipinski definition) is 1. The predicted molar refractivity (Wildman–Crippen MR) is 112 cm³/mol. The Morgan fingerprint density at radius 3 is 2.07 bits per heavy atom. The fraction of sp³-hybridized carbons (Fsp3) is 0.478. The number of quaternary nitrogens is 1. The number of rotatable bonds is 4. The number of nitrogens with zero attached hydrogens (tertiary/aromatic N) is 1. The number of piperazine rings is 1. The highest BCUT2D eigenvalue weighted by Crippen LogP contribution is 2.32. The Morgan fingerprint density at radius 2 is 1.46 bits per heavy atom. The van der Waals surface area contributed by atoms with E-state index < -0.39 is 10.0 Å². The zero-order valence-corrected chi connectivity index (χ0v) is 17.5. The molecular weight excluding hydrogens is 368 g/mol. The number of nitrogens with one attached hydrogen (secondary N) is 1. The Kier molecular flexibility index (Phi) is 5.85. The van der Waals surface area contributed by atoms with Crippen LogP contribution in [0.1, 0.15) is 42.7 Å². The molecule has 5 heteroatoms. The van der Waals surface area contributed by atoms with Crippen molar-refractivity contribution >= 4 is 10.0 Å². The van der Waals surface area contributed by atoms with Crippen molar-refractivity contribution in [3.8, 4) is 0 Å². The summed E-state index contributed by atoms with van der Waals surface area (Å²) in [7, 11) is -3.36. The number of aryl methyl sites for hydroxylation is 1. The SMILES string of the molecule is Cc1ccc(S(=O)(=O)N2CC[NH+](C3CCC(c4ccccc4)CC3)CC2)cc1. The molecule has 2 aliphatic rings. The highest BCUT2D eigenvalue weighted by atomic mass is 32.2. The van der Waals surface area contributed by atoms with Crippen LogP contribution >= 0.6 is 0 Å². The standard InChI is InChI=1S/C23H30N2O2S/c1-19-7-13-23(14-8-19)28(26,27)25-17-15-24(16-18-25)22-11-9-21(10-12-22)20-5-3-2-4-6-20/h2-8,13-14,21-22H,9-12,15-18H2,1H3/p+1. The van der Waals surface area contributed by atoms with E-state index in [9.17, 15) is 8.42 Å². The molecule has 4 nitrogen and oxygen atoms in total. The van der Waals surface area contributed by atoms with Gasteiger partial charge in [0, 0.05) is 0 Å². The molecule has 2 fully saturated rings. The van der Waals surface area contributed by atoms with Gasteiger partial charge in [-0.05, 0) is 56.2 Å². The second-order valence-electron chi connectivity index (χ2n) is 8.33. The molecule has 28 heavy (non-hydrogen) atoms. The van der Waals surface area contributed by atoms with E-state index in [1.165, 1.54) is 31.2 Å². The van der Waals surface area contributed by atoms with Crippen LogP contribution in [0.25, 0.3) is 0 Å². The molecule has 2 aromatic rings. The lowest BCUT2D eigenvalue weighted by molar-refractivity contribution is -0.930. The predicted octanol–water partition coefficient (Wildman–Crippen LogP) is 2.61.